The molecule has 0 fully saturated rings. The van der Waals surface area contributed by atoms with Crippen molar-refractivity contribution in [3.05, 3.63) is 20.8 Å². The van der Waals surface area contributed by atoms with E-state index in [1.807, 2.05) is 18.4 Å². The molecule has 1 rings (SSSR count). The van der Waals surface area contributed by atoms with Gasteiger partial charge in [0, 0.05) is 12.0 Å². The van der Waals surface area contributed by atoms with E-state index in [2.05, 4.69) is 15.9 Å². The van der Waals surface area contributed by atoms with E-state index in [-0.39, 0.29) is 5.97 Å². The van der Waals surface area contributed by atoms with Gasteiger partial charge in [-0.15, -0.1) is 11.3 Å². The third kappa shape index (κ3) is 3.91. The molecule has 72 valence electrons. The Morgan fingerprint density at radius 1 is 1.69 bits per heavy atom. The van der Waals surface area contributed by atoms with Crippen LogP contribution in [0.3, 0.4) is 0 Å². The fraction of sp³-hybridized carbons (Fsp3) is 0.444. The summed E-state index contributed by atoms with van der Waals surface area (Å²) in [6.07, 6.45) is 1.34. The van der Waals surface area contributed by atoms with Gasteiger partial charge in [0.05, 0.1) is 3.79 Å². The number of carbonyl (C=O) groups is 1. The molecule has 0 unspecified atom stereocenters. The molecule has 0 N–H and O–H groups in total. The predicted octanol–water partition coefficient (Wildman–Crippen LogP) is 3.35. The molecule has 0 aliphatic heterocycles. The lowest BCUT2D eigenvalue weighted by Crippen LogP contribution is -2.02. The van der Waals surface area contributed by atoms with E-state index in [0.29, 0.717) is 13.0 Å². The van der Waals surface area contributed by atoms with Crippen molar-refractivity contribution >= 4 is 33.2 Å². The van der Waals surface area contributed by atoms with Crippen LogP contribution >= 0.6 is 27.3 Å². The zero-order valence-corrected chi connectivity index (χ0v) is 9.78. The van der Waals surface area contributed by atoms with Crippen molar-refractivity contribution in [3.63, 3.8) is 0 Å². The van der Waals surface area contributed by atoms with Gasteiger partial charge in [-0.2, -0.15) is 0 Å². The quantitative estimate of drug-likeness (QED) is 0.778. The van der Waals surface area contributed by atoms with Crippen molar-refractivity contribution in [1.29, 1.82) is 0 Å². The van der Waals surface area contributed by atoms with Crippen LogP contribution in [0.2, 0.25) is 0 Å². The summed E-state index contributed by atoms with van der Waals surface area (Å²) in [5, 5.41) is 1.98. The first kappa shape index (κ1) is 10.7. The lowest BCUT2D eigenvalue weighted by atomic mass is 10.3. The maximum absolute atomic E-state index is 11.0. The van der Waals surface area contributed by atoms with Gasteiger partial charge < -0.3 is 4.74 Å². The summed E-state index contributed by atoms with van der Waals surface area (Å²) in [4.78, 5) is 11.0. The molecule has 1 aromatic heterocycles. The van der Waals surface area contributed by atoms with E-state index in [1.54, 1.807) is 11.3 Å². The first-order valence-electron chi connectivity index (χ1n) is 4.11. The standard InChI is InChI=1S/C9H11BrO2S/c1-2-3-9(11)12-5-7-4-8(10)13-6-7/h4,6H,2-3,5H2,1H3. The van der Waals surface area contributed by atoms with Gasteiger partial charge in [-0.1, -0.05) is 6.92 Å². The topological polar surface area (TPSA) is 26.3 Å². The van der Waals surface area contributed by atoms with Crippen molar-refractivity contribution in [2.75, 3.05) is 0 Å². The molecule has 1 heterocycles. The highest BCUT2D eigenvalue weighted by molar-refractivity contribution is 9.11. The largest absolute Gasteiger partial charge is 0.461 e. The highest BCUT2D eigenvalue weighted by atomic mass is 79.9. The van der Waals surface area contributed by atoms with Gasteiger partial charge in [0.2, 0.25) is 0 Å². The minimum absolute atomic E-state index is 0.121. The Kier molecular flexibility index (Phi) is 4.45. The average Bonchev–Trinajstić information content (AvgIpc) is 2.49. The lowest BCUT2D eigenvalue weighted by Gasteiger charge is -2.00. The molecule has 0 atom stereocenters. The normalized spacial score (nSPS) is 10.0. The zero-order chi connectivity index (χ0) is 9.68. The molecule has 0 saturated heterocycles. The van der Waals surface area contributed by atoms with Crippen LogP contribution in [-0.4, -0.2) is 5.97 Å². The van der Waals surface area contributed by atoms with E-state index in [4.69, 9.17) is 4.74 Å². The zero-order valence-electron chi connectivity index (χ0n) is 7.38. The molecule has 1 aromatic rings. The molecule has 0 radical (unpaired) electrons. The molecule has 0 spiro atoms. The van der Waals surface area contributed by atoms with Gasteiger partial charge in [0.25, 0.3) is 0 Å². The second-order valence-electron chi connectivity index (χ2n) is 2.67. The maximum atomic E-state index is 11.0. The van der Waals surface area contributed by atoms with Crippen LogP contribution in [0.15, 0.2) is 15.2 Å². The number of ether oxygens (including phenoxy) is 1. The van der Waals surface area contributed by atoms with Crippen molar-refractivity contribution < 1.29 is 9.53 Å². The second-order valence-corrected chi connectivity index (χ2v) is 4.96. The molecule has 13 heavy (non-hydrogen) atoms. The number of carbonyl (C=O) groups excluding carboxylic acids is 1. The molecule has 4 heteroatoms. The number of thiophene rings is 1. The van der Waals surface area contributed by atoms with Gasteiger partial charge in [-0.3, -0.25) is 4.79 Å². The van der Waals surface area contributed by atoms with Gasteiger partial charge in [-0.25, -0.2) is 0 Å². The van der Waals surface area contributed by atoms with Gasteiger partial charge in [-0.05, 0) is 33.8 Å². The third-order valence-electron chi connectivity index (χ3n) is 1.48. The molecule has 0 amide bonds. The van der Waals surface area contributed by atoms with Gasteiger partial charge >= 0.3 is 5.97 Å². The molecule has 0 bridgehead atoms. The van der Waals surface area contributed by atoms with Crippen LogP contribution in [0.1, 0.15) is 25.3 Å². The summed E-state index contributed by atoms with van der Waals surface area (Å²) < 4.78 is 6.09. The van der Waals surface area contributed by atoms with E-state index < -0.39 is 0 Å². The molecule has 0 saturated carbocycles. The number of rotatable bonds is 4. The van der Waals surface area contributed by atoms with Crippen LogP contribution in [-0.2, 0) is 16.1 Å². The van der Waals surface area contributed by atoms with E-state index in [1.165, 1.54) is 0 Å². The highest BCUT2D eigenvalue weighted by Crippen LogP contribution is 2.21. The van der Waals surface area contributed by atoms with E-state index in [9.17, 15) is 4.79 Å². The third-order valence-corrected chi connectivity index (χ3v) is 3.03. The molecular formula is C9H11BrO2S. The first-order valence-corrected chi connectivity index (χ1v) is 5.78. The Morgan fingerprint density at radius 2 is 2.46 bits per heavy atom. The van der Waals surface area contributed by atoms with Crippen LogP contribution in [0.4, 0.5) is 0 Å². The van der Waals surface area contributed by atoms with Crippen LogP contribution in [0.5, 0.6) is 0 Å². The monoisotopic (exact) mass is 262 g/mol. The summed E-state index contributed by atoms with van der Waals surface area (Å²) in [5.41, 5.74) is 1.04. The van der Waals surface area contributed by atoms with E-state index >= 15 is 0 Å². The first-order chi connectivity index (χ1) is 6.22. The van der Waals surface area contributed by atoms with E-state index in [0.717, 1.165) is 15.8 Å². The van der Waals surface area contributed by atoms with Crippen molar-refractivity contribution in [1.82, 2.24) is 0 Å². The van der Waals surface area contributed by atoms with Crippen LogP contribution in [0.25, 0.3) is 0 Å². The molecule has 0 aliphatic rings. The summed E-state index contributed by atoms with van der Waals surface area (Å²) in [7, 11) is 0. The lowest BCUT2D eigenvalue weighted by molar-refractivity contribution is -0.144. The van der Waals surface area contributed by atoms with Crippen LogP contribution < -0.4 is 0 Å². The number of hydrogen-bond acceptors (Lipinski definition) is 3. The summed E-state index contributed by atoms with van der Waals surface area (Å²) in [6, 6.07) is 1.96. The Labute approximate surface area is 90.0 Å². The van der Waals surface area contributed by atoms with Crippen molar-refractivity contribution in [2.24, 2.45) is 0 Å². The SMILES string of the molecule is CCCC(=O)OCc1csc(Br)c1. The summed E-state index contributed by atoms with van der Waals surface area (Å²) in [5.74, 6) is -0.121. The molecule has 2 nitrogen and oxygen atoms in total. The molecular weight excluding hydrogens is 252 g/mol. The Hall–Kier alpha value is -0.350. The van der Waals surface area contributed by atoms with Crippen molar-refractivity contribution in [2.45, 2.75) is 26.4 Å². The number of halogens is 1. The number of hydrogen-bond donors (Lipinski definition) is 0. The van der Waals surface area contributed by atoms with Crippen molar-refractivity contribution in [3.8, 4) is 0 Å². The fourth-order valence-corrected chi connectivity index (χ4v) is 2.06. The summed E-state index contributed by atoms with van der Waals surface area (Å²) >= 11 is 4.94. The second kappa shape index (κ2) is 5.40. The Balaban J connectivity index is 2.30. The Morgan fingerprint density at radius 3 is 3.00 bits per heavy atom. The Bertz CT molecular complexity index is 283. The predicted molar refractivity (Wildman–Crippen MR) is 56.7 cm³/mol. The van der Waals surface area contributed by atoms with Gasteiger partial charge in [0.1, 0.15) is 6.61 Å². The minimum Gasteiger partial charge on any atom is -0.461 e. The average molecular weight is 263 g/mol. The van der Waals surface area contributed by atoms with Gasteiger partial charge in [0.15, 0.2) is 0 Å². The fourth-order valence-electron chi connectivity index (χ4n) is 0.862. The highest BCUT2D eigenvalue weighted by Gasteiger charge is 2.02. The molecule has 0 aromatic carbocycles. The summed E-state index contributed by atoms with van der Waals surface area (Å²) in [6.45, 7) is 2.35. The molecule has 0 aliphatic carbocycles. The number of esters is 1. The minimum atomic E-state index is -0.121. The smallest absolute Gasteiger partial charge is 0.306 e. The van der Waals surface area contributed by atoms with Crippen LogP contribution in [0, 0.1) is 0 Å². The maximum Gasteiger partial charge on any atom is 0.306 e.